The van der Waals surface area contributed by atoms with Crippen LogP contribution < -0.4 is 10.6 Å². The number of nitrogens with one attached hydrogen (secondary N) is 2. The molecule has 1 aromatic carbocycles. The molecule has 0 radical (unpaired) electrons. The number of aromatic nitrogens is 2. The number of carbonyl (C=O) groups is 1. The van der Waals surface area contributed by atoms with E-state index in [2.05, 4.69) is 31.5 Å². The van der Waals surface area contributed by atoms with Crippen molar-refractivity contribution in [3.63, 3.8) is 0 Å². The van der Waals surface area contributed by atoms with Crippen molar-refractivity contribution < 1.29 is 4.79 Å². The lowest BCUT2D eigenvalue weighted by Crippen LogP contribution is -2.36. The third-order valence-electron chi connectivity index (χ3n) is 3.64. The number of nitrogens with zero attached hydrogens (tertiary/aromatic N) is 2. The lowest BCUT2D eigenvalue weighted by atomic mass is 10.2. The summed E-state index contributed by atoms with van der Waals surface area (Å²) in [6, 6.07) is 5.87. The zero-order chi connectivity index (χ0) is 14.1. The van der Waals surface area contributed by atoms with E-state index in [1.807, 2.05) is 29.7 Å². The van der Waals surface area contributed by atoms with Crippen molar-refractivity contribution in [2.24, 2.45) is 0 Å². The monoisotopic (exact) mass is 336 g/mol. The Morgan fingerprint density at radius 3 is 3.15 bits per heavy atom. The molecular weight excluding hydrogens is 320 g/mol. The van der Waals surface area contributed by atoms with E-state index in [-0.39, 0.29) is 11.9 Å². The fraction of sp³-hybridized carbons (Fsp3) is 0.429. The summed E-state index contributed by atoms with van der Waals surface area (Å²) in [6.45, 7) is 3.73. The highest BCUT2D eigenvalue weighted by Crippen LogP contribution is 2.23. The molecule has 1 aliphatic heterocycles. The smallest absolute Gasteiger partial charge is 0.243 e. The van der Waals surface area contributed by atoms with Crippen LogP contribution in [0.1, 0.15) is 19.8 Å². The van der Waals surface area contributed by atoms with Crippen LogP contribution in [-0.4, -0.2) is 28.0 Å². The first-order chi connectivity index (χ1) is 9.69. The summed E-state index contributed by atoms with van der Waals surface area (Å²) in [5, 5.41) is 6.15. The second kappa shape index (κ2) is 5.54. The number of rotatable bonds is 3. The molecule has 1 fully saturated rings. The molecule has 20 heavy (non-hydrogen) atoms. The standard InChI is InChI=1S/C14H17BrN4O/c1-2-19-12-6-5-9(15)8-11(12)17-14(19)18-13(20)10-4-3-7-16-10/h5-6,8,10,16H,2-4,7H2,1H3,(H,17,18,20). The number of carbonyl (C=O) groups excluding carboxylic acids is 1. The van der Waals surface area contributed by atoms with Gasteiger partial charge in [0.15, 0.2) is 0 Å². The van der Waals surface area contributed by atoms with Gasteiger partial charge < -0.3 is 9.88 Å². The second-order valence-corrected chi connectivity index (χ2v) is 5.87. The highest BCUT2D eigenvalue weighted by Gasteiger charge is 2.23. The SMILES string of the molecule is CCn1c(NC(=O)C2CCCN2)nc2cc(Br)ccc21. The topological polar surface area (TPSA) is 59.0 Å². The van der Waals surface area contributed by atoms with Gasteiger partial charge in [-0.25, -0.2) is 4.98 Å². The van der Waals surface area contributed by atoms with Crippen molar-refractivity contribution >= 4 is 38.8 Å². The zero-order valence-corrected chi connectivity index (χ0v) is 12.9. The first-order valence-corrected chi connectivity index (χ1v) is 7.68. The lowest BCUT2D eigenvalue weighted by Gasteiger charge is -2.11. The average Bonchev–Trinajstić information content (AvgIpc) is 3.04. The Labute approximate surface area is 125 Å². The fourth-order valence-corrected chi connectivity index (χ4v) is 2.97. The van der Waals surface area contributed by atoms with Gasteiger partial charge in [-0.05, 0) is 44.5 Å². The predicted octanol–water partition coefficient (Wildman–Crippen LogP) is 2.51. The predicted molar refractivity (Wildman–Crippen MR) is 82.8 cm³/mol. The van der Waals surface area contributed by atoms with E-state index in [1.54, 1.807) is 0 Å². The summed E-state index contributed by atoms with van der Waals surface area (Å²) in [7, 11) is 0. The maximum atomic E-state index is 12.2. The lowest BCUT2D eigenvalue weighted by molar-refractivity contribution is -0.117. The summed E-state index contributed by atoms with van der Waals surface area (Å²) >= 11 is 3.45. The number of benzene rings is 1. The molecule has 1 unspecified atom stereocenters. The summed E-state index contributed by atoms with van der Waals surface area (Å²) in [6.07, 6.45) is 1.94. The molecule has 2 heterocycles. The maximum Gasteiger partial charge on any atom is 0.243 e. The highest BCUT2D eigenvalue weighted by molar-refractivity contribution is 9.10. The third-order valence-corrected chi connectivity index (χ3v) is 4.13. The molecule has 2 aromatic rings. The molecular formula is C14H17BrN4O. The van der Waals surface area contributed by atoms with E-state index in [4.69, 9.17) is 0 Å². The Morgan fingerprint density at radius 2 is 2.45 bits per heavy atom. The first-order valence-electron chi connectivity index (χ1n) is 6.89. The van der Waals surface area contributed by atoms with Gasteiger partial charge in [0.2, 0.25) is 11.9 Å². The molecule has 0 saturated carbocycles. The Kier molecular flexibility index (Phi) is 3.76. The molecule has 1 atom stereocenters. The van der Waals surface area contributed by atoms with Crippen LogP contribution in [0.3, 0.4) is 0 Å². The van der Waals surface area contributed by atoms with E-state index < -0.39 is 0 Å². The molecule has 1 saturated heterocycles. The number of anilines is 1. The Bertz CT molecular complexity index is 646. The number of imidazole rings is 1. The van der Waals surface area contributed by atoms with Crippen molar-refractivity contribution in [2.45, 2.75) is 32.4 Å². The van der Waals surface area contributed by atoms with Crippen LogP contribution in [0.15, 0.2) is 22.7 Å². The minimum absolute atomic E-state index is 0.00609. The molecule has 2 N–H and O–H groups in total. The van der Waals surface area contributed by atoms with Crippen molar-refractivity contribution in [1.82, 2.24) is 14.9 Å². The number of hydrogen-bond donors (Lipinski definition) is 2. The van der Waals surface area contributed by atoms with Crippen LogP contribution in [0.5, 0.6) is 0 Å². The van der Waals surface area contributed by atoms with Gasteiger partial charge in [-0.2, -0.15) is 0 Å². The number of aryl methyl sites for hydroxylation is 1. The fourth-order valence-electron chi connectivity index (χ4n) is 2.62. The zero-order valence-electron chi connectivity index (χ0n) is 11.3. The molecule has 0 bridgehead atoms. The quantitative estimate of drug-likeness (QED) is 0.905. The Balaban J connectivity index is 1.92. The first kappa shape index (κ1) is 13.6. The van der Waals surface area contributed by atoms with Crippen LogP contribution >= 0.6 is 15.9 Å². The van der Waals surface area contributed by atoms with E-state index in [1.165, 1.54) is 0 Å². The van der Waals surface area contributed by atoms with Gasteiger partial charge in [0.05, 0.1) is 17.1 Å². The van der Waals surface area contributed by atoms with Gasteiger partial charge in [0.25, 0.3) is 0 Å². The van der Waals surface area contributed by atoms with Crippen LogP contribution in [-0.2, 0) is 11.3 Å². The second-order valence-electron chi connectivity index (χ2n) is 4.95. The van der Waals surface area contributed by atoms with Gasteiger partial charge in [-0.1, -0.05) is 15.9 Å². The number of amides is 1. The van der Waals surface area contributed by atoms with Gasteiger partial charge >= 0.3 is 0 Å². The van der Waals surface area contributed by atoms with Crippen LogP contribution in [0, 0.1) is 0 Å². The Morgan fingerprint density at radius 1 is 1.60 bits per heavy atom. The summed E-state index contributed by atoms with van der Waals surface area (Å²) < 4.78 is 3.01. The van der Waals surface area contributed by atoms with Crippen LogP contribution in [0.4, 0.5) is 5.95 Å². The number of halogens is 1. The van der Waals surface area contributed by atoms with E-state index >= 15 is 0 Å². The molecule has 1 aromatic heterocycles. The van der Waals surface area contributed by atoms with Crippen molar-refractivity contribution in [3.05, 3.63) is 22.7 Å². The molecule has 3 rings (SSSR count). The third kappa shape index (κ3) is 2.45. The van der Waals surface area contributed by atoms with Crippen LogP contribution in [0.2, 0.25) is 0 Å². The van der Waals surface area contributed by atoms with E-state index in [0.29, 0.717) is 5.95 Å². The molecule has 0 spiro atoms. The molecule has 106 valence electrons. The molecule has 0 aliphatic carbocycles. The van der Waals surface area contributed by atoms with Gasteiger partial charge in [0.1, 0.15) is 0 Å². The molecule has 6 heteroatoms. The number of fused-ring (bicyclic) bond motifs is 1. The number of hydrogen-bond acceptors (Lipinski definition) is 3. The Hall–Kier alpha value is -1.40. The van der Waals surface area contributed by atoms with Gasteiger partial charge in [-0.3, -0.25) is 10.1 Å². The van der Waals surface area contributed by atoms with Gasteiger partial charge in [0, 0.05) is 11.0 Å². The van der Waals surface area contributed by atoms with Crippen LogP contribution in [0.25, 0.3) is 11.0 Å². The molecule has 5 nitrogen and oxygen atoms in total. The van der Waals surface area contributed by atoms with E-state index in [9.17, 15) is 4.79 Å². The summed E-state index contributed by atoms with van der Waals surface area (Å²) in [5.74, 6) is 0.630. The molecule has 1 aliphatic rings. The maximum absolute atomic E-state index is 12.2. The highest BCUT2D eigenvalue weighted by atomic mass is 79.9. The van der Waals surface area contributed by atoms with Gasteiger partial charge in [-0.15, -0.1) is 0 Å². The minimum atomic E-state index is -0.0909. The molecule has 1 amide bonds. The van der Waals surface area contributed by atoms with E-state index in [0.717, 1.165) is 41.4 Å². The largest absolute Gasteiger partial charge is 0.310 e. The van der Waals surface area contributed by atoms with Crippen molar-refractivity contribution in [2.75, 3.05) is 11.9 Å². The minimum Gasteiger partial charge on any atom is -0.310 e. The van der Waals surface area contributed by atoms with Crippen molar-refractivity contribution in [1.29, 1.82) is 0 Å². The summed E-state index contributed by atoms with van der Waals surface area (Å²) in [5.41, 5.74) is 1.92. The normalized spacial score (nSPS) is 18.6. The van der Waals surface area contributed by atoms with Crippen molar-refractivity contribution in [3.8, 4) is 0 Å². The average molecular weight is 337 g/mol. The summed E-state index contributed by atoms with van der Waals surface area (Å²) in [4.78, 5) is 16.7.